The minimum atomic E-state index is -0.402. The molecule has 0 fully saturated rings. The van der Waals surface area contributed by atoms with Crippen molar-refractivity contribution in [3.63, 3.8) is 0 Å². The van der Waals surface area contributed by atoms with Gasteiger partial charge in [0.2, 0.25) is 0 Å². The van der Waals surface area contributed by atoms with Gasteiger partial charge in [0, 0.05) is 0 Å². The van der Waals surface area contributed by atoms with E-state index in [-0.39, 0.29) is 11.6 Å². The molecule has 5 heteroatoms. The Morgan fingerprint density at radius 3 is 2.71 bits per heavy atom. The number of hydrogen-bond donors (Lipinski definition) is 1. The number of aromatic nitrogens is 3. The number of nitrogens with zero attached hydrogens (tertiary/aromatic N) is 2. The van der Waals surface area contributed by atoms with Gasteiger partial charge in [0.15, 0.2) is 17.9 Å². The average molecular weight is 191 g/mol. The summed E-state index contributed by atoms with van der Waals surface area (Å²) >= 11 is 0. The van der Waals surface area contributed by atoms with Crippen LogP contribution in [0, 0.1) is 5.82 Å². The lowest BCUT2D eigenvalue weighted by molar-refractivity contribution is 0.111. The maximum Gasteiger partial charge on any atom is 0.194 e. The Bertz CT molecular complexity index is 467. The first-order valence-corrected chi connectivity index (χ1v) is 3.94. The predicted molar refractivity (Wildman–Crippen MR) is 47.2 cm³/mol. The zero-order valence-corrected chi connectivity index (χ0v) is 7.07. The van der Waals surface area contributed by atoms with Gasteiger partial charge in [-0.1, -0.05) is 12.1 Å². The summed E-state index contributed by atoms with van der Waals surface area (Å²) in [6.07, 6.45) is 0.525. The van der Waals surface area contributed by atoms with Gasteiger partial charge < -0.3 is 4.98 Å². The smallest absolute Gasteiger partial charge is 0.194 e. The number of nitrogens with one attached hydrogen (secondary N) is 1. The molecule has 1 N–H and O–H groups in total. The summed E-state index contributed by atoms with van der Waals surface area (Å²) in [5.74, 6) is -0.0606. The van der Waals surface area contributed by atoms with Crippen LogP contribution in [0.1, 0.15) is 10.6 Å². The third-order valence-corrected chi connectivity index (χ3v) is 1.74. The van der Waals surface area contributed by atoms with E-state index in [0.717, 1.165) is 0 Å². The van der Waals surface area contributed by atoms with Crippen LogP contribution in [0.3, 0.4) is 0 Å². The fourth-order valence-electron chi connectivity index (χ4n) is 1.10. The lowest BCUT2D eigenvalue weighted by Gasteiger charge is -1.95. The molecule has 0 aliphatic rings. The lowest BCUT2D eigenvalue weighted by atomic mass is 10.2. The summed E-state index contributed by atoms with van der Waals surface area (Å²) in [6.45, 7) is 0. The Kier molecular flexibility index (Phi) is 2.06. The van der Waals surface area contributed by atoms with Crippen molar-refractivity contribution >= 4 is 6.29 Å². The molecule has 0 spiro atoms. The van der Waals surface area contributed by atoms with E-state index in [9.17, 15) is 9.18 Å². The highest BCUT2D eigenvalue weighted by molar-refractivity contribution is 5.70. The Morgan fingerprint density at radius 2 is 2.07 bits per heavy atom. The van der Waals surface area contributed by atoms with Crippen molar-refractivity contribution in [3.05, 3.63) is 35.9 Å². The maximum atomic E-state index is 13.2. The van der Waals surface area contributed by atoms with Crippen LogP contribution in [0.15, 0.2) is 24.3 Å². The minimum absolute atomic E-state index is 0.0863. The van der Waals surface area contributed by atoms with Gasteiger partial charge >= 0.3 is 0 Å². The summed E-state index contributed by atoms with van der Waals surface area (Å²) in [7, 11) is 0. The number of halogens is 1. The van der Waals surface area contributed by atoms with Crippen LogP contribution in [0.5, 0.6) is 0 Å². The molecule has 0 unspecified atom stereocenters. The number of carbonyl (C=O) groups is 1. The van der Waals surface area contributed by atoms with Crippen LogP contribution in [-0.4, -0.2) is 21.5 Å². The second-order valence-electron chi connectivity index (χ2n) is 2.66. The molecule has 2 aromatic rings. The predicted octanol–water partition coefficient (Wildman–Crippen LogP) is 1.42. The number of carbonyl (C=O) groups excluding carboxylic acids is 1. The normalized spacial score (nSPS) is 10.1. The van der Waals surface area contributed by atoms with Crippen molar-refractivity contribution < 1.29 is 9.18 Å². The SMILES string of the molecule is O=Cc1nnc(-c2ccccc2F)[nH]1. The average Bonchev–Trinajstić information content (AvgIpc) is 2.67. The quantitative estimate of drug-likeness (QED) is 0.730. The van der Waals surface area contributed by atoms with Crippen LogP contribution in [0.25, 0.3) is 11.4 Å². The van der Waals surface area contributed by atoms with E-state index in [1.165, 1.54) is 6.07 Å². The Morgan fingerprint density at radius 1 is 1.29 bits per heavy atom. The fraction of sp³-hybridized carbons (Fsp3) is 0. The summed E-state index contributed by atoms with van der Waals surface area (Å²) < 4.78 is 13.2. The molecule has 1 aromatic heterocycles. The number of aldehydes is 1. The molecule has 0 amide bonds. The molecule has 0 atom stereocenters. The third kappa shape index (κ3) is 1.39. The molecular weight excluding hydrogens is 185 g/mol. The Labute approximate surface area is 78.8 Å². The van der Waals surface area contributed by atoms with Crippen molar-refractivity contribution in [1.82, 2.24) is 15.2 Å². The summed E-state index contributed by atoms with van der Waals surface area (Å²) in [5.41, 5.74) is 0.299. The zero-order valence-electron chi connectivity index (χ0n) is 7.07. The van der Waals surface area contributed by atoms with Crippen molar-refractivity contribution in [2.24, 2.45) is 0 Å². The molecule has 0 aliphatic carbocycles. The summed E-state index contributed by atoms with van der Waals surface area (Å²) in [4.78, 5) is 12.9. The van der Waals surface area contributed by atoms with Gasteiger partial charge in [0.1, 0.15) is 5.82 Å². The molecule has 0 saturated carbocycles. The second kappa shape index (κ2) is 3.37. The first-order valence-electron chi connectivity index (χ1n) is 3.94. The minimum Gasteiger partial charge on any atom is -0.319 e. The van der Waals surface area contributed by atoms with Crippen LogP contribution < -0.4 is 0 Å². The molecule has 1 heterocycles. The fourth-order valence-corrected chi connectivity index (χ4v) is 1.10. The van der Waals surface area contributed by atoms with Crippen molar-refractivity contribution in [2.75, 3.05) is 0 Å². The zero-order chi connectivity index (χ0) is 9.97. The molecule has 1 aromatic carbocycles. The van der Waals surface area contributed by atoms with E-state index in [4.69, 9.17) is 0 Å². The molecule has 0 saturated heterocycles. The first-order chi connectivity index (χ1) is 6.81. The Balaban J connectivity index is 2.49. The third-order valence-electron chi connectivity index (χ3n) is 1.74. The van der Waals surface area contributed by atoms with E-state index in [1.54, 1.807) is 18.2 Å². The lowest BCUT2D eigenvalue weighted by Crippen LogP contribution is -1.86. The maximum absolute atomic E-state index is 13.2. The summed E-state index contributed by atoms with van der Waals surface area (Å²) in [5, 5.41) is 7.15. The van der Waals surface area contributed by atoms with Crippen LogP contribution in [0.2, 0.25) is 0 Å². The van der Waals surface area contributed by atoms with Crippen molar-refractivity contribution in [3.8, 4) is 11.4 Å². The molecule has 14 heavy (non-hydrogen) atoms. The van der Waals surface area contributed by atoms with E-state index >= 15 is 0 Å². The van der Waals surface area contributed by atoms with Crippen LogP contribution in [-0.2, 0) is 0 Å². The molecule has 70 valence electrons. The molecule has 4 nitrogen and oxygen atoms in total. The van der Waals surface area contributed by atoms with Gasteiger partial charge in [-0.3, -0.25) is 4.79 Å². The van der Waals surface area contributed by atoms with E-state index in [0.29, 0.717) is 11.8 Å². The van der Waals surface area contributed by atoms with E-state index < -0.39 is 5.82 Å². The second-order valence-corrected chi connectivity index (χ2v) is 2.66. The highest BCUT2D eigenvalue weighted by atomic mass is 19.1. The number of hydrogen-bond acceptors (Lipinski definition) is 3. The number of benzene rings is 1. The van der Waals surface area contributed by atoms with Gasteiger partial charge in [-0.25, -0.2) is 4.39 Å². The van der Waals surface area contributed by atoms with Gasteiger partial charge in [-0.2, -0.15) is 0 Å². The van der Waals surface area contributed by atoms with Gasteiger partial charge in [-0.15, -0.1) is 10.2 Å². The highest BCUT2D eigenvalue weighted by Crippen LogP contribution is 2.17. The first kappa shape index (κ1) is 8.55. The number of aromatic amines is 1. The van der Waals surface area contributed by atoms with Crippen LogP contribution >= 0.6 is 0 Å². The van der Waals surface area contributed by atoms with Gasteiger partial charge in [0.25, 0.3) is 0 Å². The highest BCUT2D eigenvalue weighted by Gasteiger charge is 2.08. The van der Waals surface area contributed by atoms with Gasteiger partial charge in [-0.05, 0) is 12.1 Å². The van der Waals surface area contributed by atoms with E-state index in [1.807, 2.05) is 0 Å². The number of H-pyrrole nitrogens is 1. The Hall–Kier alpha value is -2.04. The topological polar surface area (TPSA) is 58.6 Å². The van der Waals surface area contributed by atoms with Crippen LogP contribution in [0.4, 0.5) is 4.39 Å². The standard InChI is InChI=1S/C9H6FN3O/c10-7-4-2-1-3-6(7)9-11-8(5-14)12-13-9/h1-5H,(H,11,12,13). The monoisotopic (exact) mass is 191 g/mol. The number of rotatable bonds is 2. The molecule has 0 aliphatic heterocycles. The molecule has 0 radical (unpaired) electrons. The van der Waals surface area contributed by atoms with Crippen molar-refractivity contribution in [2.45, 2.75) is 0 Å². The van der Waals surface area contributed by atoms with Gasteiger partial charge in [0.05, 0.1) is 5.56 Å². The summed E-state index contributed by atoms with van der Waals surface area (Å²) in [6, 6.07) is 6.14. The molecule has 0 bridgehead atoms. The van der Waals surface area contributed by atoms with E-state index in [2.05, 4.69) is 15.2 Å². The largest absolute Gasteiger partial charge is 0.319 e. The van der Waals surface area contributed by atoms with Crippen molar-refractivity contribution in [1.29, 1.82) is 0 Å². The molecule has 2 rings (SSSR count). The molecular formula is C9H6FN3O.